The van der Waals surface area contributed by atoms with Gasteiger partial charge in [0.25, 0.3) is 0 Å². The first-order chi connectivity index (χ1) is 22.5. The highest BCUT2D eigenvalue weighted by Crippen LogP contribution is 2.47. The van der Waals surface area contributed by atoms with Crippen LogP contribution in [0.3, 0.4) is 0 Å². The van der Waals surface area contributed by atoms with E-state index in [1.807, 2.05) is 79.2 Å². The monoisotopic (exact) mass is 672 g/mol. The molecule has 2 N–H and O–H groups in total. The number of hydrogen-bond donors (Lipinski definition) is 2. The van der Waals surface area contributed by atoms with Gasteiger partial charge in [0.1, 0.15) is 0 Å². The minimum atomic E-state index is -0.563. The molecule has 2 aromatic rings. The molecule has 8 nitrogen and oxygen atoms in total. The highest BCUT2D eigenvalue weighted by Gasteiger charge is 2.52. The Labute approximate surface area is 296 Å². The summed E-state index contributed by atoms with van der Waals surface area (Å²) in [6.07, 6.45) is 14.7. The number of carbonyl (C=O) groups is 2. The van der Waals surface area contributed by atoms with Crippen LogP contribution in [-0.2, 0) is 42.6 Å². The smallest absolute Gasteiger partial charge is 0.403 e. The molecule has 3 heterocycles. The van der Waals surface area contributed by atoms with Crippen molar-refractivity contribution in [2.45, 2.75) is 155 Å². The normalized spacial score (nSPS) is 26.7. The largest absolute Gasteiger partial charge is 0.457 e. The van der Waals surface area contributed by atoms with Gasteiger partial charge in [0.2, 0.25) is 11.8 Å². The maximum atomic E-state index is 13.4. The van der Waals surface area contributed by atoms with E-state index >= 15 is 0 Å². The van der Waals surface area contributed by atoms with E-state index in [-0.39, 0.29) is 53.0 Å². The number of hydrogen-bond acceptors (Lipinski definition) is 6. The van der Waals surface area contributed by atoms with Gasteiger partial charge in [0, 0.05) is 35.9 Å². The molecule has 2 aromatic heterocycles. The quantitative estimate of drug-likeness (QED) is 0.226. The third-order valence-corrected chi connectivity index (χ3v) is 11.2. The zero-order chi connectivity index (χ0) is 36.6. The van der Waals surface area contributed by atoms with Crippen molar-refractivity contribution in [2.75, 3.05) is 0 Å². The minimum absolute atomic E-state index is 0.0867. The molecule has 9 heteroatoms. The Morgan fingerprint density at radius 3 is 1.67 bits per heavy atom. The van der Waals surface area contributed by atoms with Gasteiger partial charge in [-0.15, -0.1) is 6.58 Å². The lowest BCUT2D eigenvalue weighted by atomic mass is 9.71. The second-order valence-corrected chi connectivity index (χ2v) is 17.8. The summed E-state index contributed by atoms with van der Waals surface area (Å²) in [6.45, 7) is 28.4. The van der Waals surface area contributed by atoms with Crippen LogP contribution >= 0.6 is 0 Å². The maximum absolute atomic E-state index is 13.4. The van der Waals surface area contributed by atoms with Crippen LogP contribution in [0.4, 0.5) is 0 Å². The average Bonchev–Trinajstić information content (AvgIpc) is 3.51. The van der Waals surface area contributed by atoms with Crippen LogP contribution < -0.4 is 10.6 Å². The number of amides is 2. The number of fused-ring (bicyclic) bond motifs is 2. The molecule has 0 bridgehead atoms. The van der Waals surface area contributed by atoms with E-state index in [2.05, 4.69) is 67.9 Å². The van der Waals surface area contributed by atoms with Crippen molar-refractivity contribution >= 4 is 18.9 Å². The Hall–Kier alpha value is -3.04. The number of pyridine rings is 2. The minimum Gasteiger partial charge on any atom is -0.403 e. The zero-order valence-corrected chi connectivity index (χ0v) is 32.3. The average molecular weight is 673 g/mol. The summed E-state index contributed by atoms with van der Waals surface area (Å²) in [7, 11) is -0.180. The molecule has 0 spiro atoms. The number of aromatic nitrogens is 2. The lowest BCUT2D eigenvalue weighted by molar-refractivity contribution is -0.130. The van der Waals surface area contributed by atoms with Gasteiger partial charge >= 0.3 is 7.12 Å². The molecule has 2 amide bonds. The van der Waals surface area contributed by atoms with E-state index in [0.717, 1.165) is 49.6 Å². The summed E-state index contributed by atoms with van der Waals surface area (Å²) >= 11 is 0. The van der Waals surface area contributed by atoms with Crippen molar-refractivity contribution in [2.24, 2.45) is 11.8 Å². The maximum Gasteiger partial charge on any atom is 0.457 e. The Kier molecular flexibility index (Phi) is 11.0. The van der Waals surface area contributed by atoms with Gasteiger partial charge in [-0.3, -0.25) is 19.6 Å². The second kappa shape index (κ2) is 13.9. The number of carbonyl (C=O) groups excluding carboxylic acids is 2. The molecular formula is C40H61BN4O4. The van der Waals surface area contributed by atoms with Crippen LogP contribution in [0.2, 0.25) is 6.32 Å². The Bertz CT molecular complexity index is 1510. The Balaban J connectivity index is 0.000000237. The number of allylic oxidation sites excluding steroid dienone is 1. The molecule has 1 fully saturated rings. The van der Waals surface area contributed by atoms with E-state index in [1.165, 1.54) is 11.1 Å². The van der Waals surface area contributed by atoms with Crippen molar-refractivity contribution in [1.29, 1.82) is 0 Å². The van der Waals surface area contributed by atoms with E-state index in [9.17, 15) is 9.59 Å². The van der Waals surface area contributed by atoms with Gasteiger partial charge < -0.3 is 19.9 Å². The summed E-state index contributed by atoms with van der Waals surface area (Å²) in [6, 6.07) is 4.09. The lowest BCUT2D eigenvalue weighted by Crippen LogP contribution is -2.52. The summed E-state index contributed by atoms with van der Waals surface area (Å²) in [5, 5.41) is 6.34. The van der Waals surface area contributed by atoms with Gasteiger partial charge in [0.15, 0.2) is 0 Å². The Morgan fingerprint density at radius 1 is 0.816 bits per heavy atom. The predicted octanol–water partition coefficient (Wildman–Crippen LogP) is 7.30. The van der Waals surface area contributed by atoms with Crippen LogP contribution in [0.15, 0.2) is 49.6 Å². The molecule has 0 radical (unpaired) electrons. The first-order valence-electron chi connectivity index (χ1n) is 18.0. The zero-order valence-electron chi connectivity index (χ0n) is 32.3. The second-order valence-electron chi connectivity index (χ2n) is 17.8. The molecule has 0 saturated carbocycles. The first kappa shape index (κ1) is 38.8. The van der Waals surface area contributed by atoms with E-state index < -0.39 is 10.8 Å². The van der Waals surface area contributed by atoms with Crippen LogP contribution in [0.5, 0.6) is 0 Å². The fourth-order valence-corrected chi connectivity index (χ4v) is 7.60. The standard InChI is InChI=1S/C23H37BN2O3.C17H24N2O/c1-20(2,3)26-19(27)23(8)17(14-16-11-13-25-15-18(16)23)10-9-12-24-28-21(4,5)22(6,7)29-24;1-6-7-13-10-12-8-9-18-11-14(12)17(13,5)15(20)19-16(2,3)4/h11,13,15,17H,9-10,12,14H2,1-8H3,(H,26,27);6,8-9,11,13H,1,7,10H2,2-5H3,(H,19,20). The van der Waals surface area contributed by atoms with Crippen LogP contribution in [0.1, 0.15) is 125 Å². The van der Waals surface area contributed by atoms with Gasteiger partial charge in [-0.1, -0.05) is 12.5 Å². The van der Waals surface area contributed by atoms with Crippen molar-refractivity contribution in [3.63, 3.8) is 0 Å². The van der Waals surface area contributed by atoms with Crippen molar-refractivity contribution in [3.8, 4) is 0 Å². The molecule has 1 saturated heterocycles. The molecule has 268 valence electrons. The van der Waals surface area contributed by atoms with E-state index in [1.54, 1.807) is 6.20 Å². The number of nitrogens with one attached hydrogen (secondary N) is 2. The van der Waals surface area contributed by atoms with Gasteiger partial charge in [-0.05, 0) is 161 Å². The lowest BCUT2D eigenvalue weighted by Gasteiger charge is -2.34. The fourth-order valence-electron chi connectivity index (χ4n) is 7.60. The molecule has 4 unspecified atom stereocenters. The van der Waals surface area contributed by atoms with E-state index in [4.69, 9.17) is 9.31 Å². The predicted molar refractivity (Wildman–Crippen MR) is 198 cm³/mol. The van der Waals surface area contributed by atoms with Crippen LogP contribution in [0.25, 0.3) is 0 Å². The highest BCUT2D eigenvalue weighted by molar-refractivity contribution is 6.45. The SMILES string of the molecule is C=CCC1Cc2ccncc2C1(C)C(=O)NC(C)(C)C.CC(C)(C)NC(=O)C1(C)c2cnccc2CC1CCCB1OC(C)(C)C(C)(C)O1. The first-order valence-corrected chi connectivity index (χ1v) is 18.0. The third kappa shape index (κ3) is 8.14. The molecule has 5 rings (SSSR count). The summed E-state index contributed by atoms with van der Waals surface area (Å²) in [5.74, 6) is 0.675. The van der Waals surface area contributed by atoms with Gasteiger partial charge in [-0.2, -0.15) is 0 Å². The van der Waals surface area contributed by atoms with Crippen molar-refractivity contribution in [3.05, 3.63) is 71.8 Å². The van der Waals surface area contributed by atoms with Crippen molar-refractivity contribution in [1.82, 2.24) is 20.6 Å². The summed E-state index contributed by atoms with van der Waals surface area (Å²) < 4.78 is 12.3. The third-order valence-electron chi connectivity index (χ3n) is 11.2. The molecule has 2 aliphatic carbocycles. The number of nitrogens with zero attached hydrogens (tertiary/aromatic N) is 2. The summed E-state index contributed by atoms with van der Waals surface area (Å²) in [5.41, 5.74) is 2.43. The summed E-state index contributed by atoms with van der Waals surface area (Å²) in [4.78, 5) is 34.8. The van der Waals surface area contributed by atoms with Crippen LogP contribution in [-0.4, -0.2) is 51.2 Å². The topological polar surface area (TPSA) is 102 Å². The van der Waals surface area contributed by atoms with Crippen molar-refractivity contribution < 1.29 is 18.9 Å². The molecule has 49 heavy (non-hydrogen) atoms. The molecular weight excluding hydrogens is 611 g/mol. The fraction of sp³-hybridized carbons (Fsp3) is 0.650. The molecule has 1 aliphatic heterocycles. The van der Waals surface area contributed by atoms with Crippen LogP contribution in [0, 0.1) is 11.8 Å². The van der Waals surface area contributed by atoms with E-state index in [0.29, 0.717) is 0 Å². The molecule has 0 aromatic carbocycles. The van der Waals surface area contributed by atoms with Gasteiger partial charge in [-0.25, -0.2) is 0 Å². The molecule has 4 atom stereocenters. The van der Waals surface area contributed by atoms with Gasteiger partial charge in [0.05, 0.1) is 22.0 Å². The molecule has 3 aliphatic rings. The highest BCUT2D eigenvalue weighted by atomic mass is 16.7. The Morgan fingerprint density at radius 2 is 1.24 bits per heavy atom. The number of rotatable bonds is 8.